The van der Waals surface area contributed by atoms with Gasteiger partial charge in [-0.2, -0.15) is 0 Å². The van der Waals surface area contributed by atoms with E-state index in [1.54, 1.807) is 19.1 Å². The Bertz CT molecular complexity index is 653. The van der Waals surface area contributed by atoms with Crippen molar-refractivity contribution in [1.29, 1.82) is 0 Å². The number of fused-ring (bicyclic) bond motifs is 2. The minimum absolute atomic E-state index is 0.0725. The van der Waals surface area contributed by atoms with Gasteiger partial charge in [0.2, 0.25) is 0 Å². The monoisotopic (exact) mass is 349 g/mol. The zero-order valence-electron chi connectivity index (χ0n) is 15.5. The van der Waals surface area contributed by atoms with Crippen LogP contribution in [0.1, 0.15) is 64.0 Å². The summed E-state index contributed by atoms with van der Waals surface area (Å²) in [7, 11) is 0. The second kappa shape index (κ2) is 6.27. The van der Waals surface area contributed by atoms with E-state index < -0.39 is 11.2 Å². The van der Waals surface area contributed by atoms with Crippen LogP contribution in [-0.4, -0.2) is 33.8 Å². The molecule has 0 aromatic heterocycles. The molecule has 2 aliphatic rings. The van der Waals surface area contributed by atoms with Gasteiger partial charge in [-0.25, -0.2) is 9.18 Å². The minimum atomic E-state index is -1.09. The van der Waals surface area contributed by atoms with E-state index >= 15 is 0 Å². The van der Waals surface area contributed by atoms with Crippen LogP contribution in [-0.2, 0) is 10.3 Å². The minimum Gasteiger partial charge on any atom is -0.444 e. The standard InChI is InChI=1S/C20H28FNO3/c1-13-8-9-14(10-17(13)21)20(24)11-15-6-5-7-16(12-20)22(15)18(23)25-19(2,3)4/h8-10,15-16,24H,5-7,11-12H2,1-4H3. The average molecular weight is 349 g/mol. The molecule has 0 radical (unpaired) electrons. The topological polar surface area (TPSA) is 49.8 Å². The van der Waals surface area contributed by atoms with E-state index in [0.29, 0.717) is 24.0 Å². The van der Waals surface area contributed by atoms with Crippen LogP contribution in [0, 0.1) is 12.7 Å². The number of amides is 1. The number of hydrogen-bond acceptors (Lipinski definition) is 3. The molecular formula is C20H28FNO3. The van der Waals surface area contributed by atoms with Crippen molar-refractivity contribution in [3.05, 3.63) is 35.1 Å². The van der Waals surface area contributed by atoms with E-state index in [9.17, 15) is 14.3 Å². The Balaban J connectivity index is 1.85. The molecule has 1 aromatic carbocycles. The SMILES string of the molecule is Cc1ccc(C2(O)CC3CCCC(C2)N3C(=O)OC(C)(C)C)cc1F. The van der Waals surface area contributed by atoms with Crippen molar-refractivity contribution < 1.29 is 19.0 Å². The van der Waals surface area contributed by atoms with Gasteiger partial charge in [-0.05, 0) is 64.2 Å². The van der Waals surface area contributed by atoms with E-state index in [4.69, 9.17) is 4.74 Å². The van der Waals surface area contributed by atoms with Crippen molar-refractivity contribution in [1.82, 2.24) is 4.90 Å². The highest BCUT2D eigenvalue weighted by Crippen LogP contribution is 2.45. The summed E-state index contributed by atoms with van der Waals surface area (Å²) in [4.78, 5) is 14.4. The van der Waals surface area contributed by atoms with Crippen LogP contribution in [0.15, 0.2) is 18.2 Å². The Kier molecular flexibility index (Phi) is 4.56. The highest BCUT2D eigenvalue weighted by Gasteiger charge is 2.49. The first kappa shape index (κ1) is 18.2. The predicted molar refractivity (Wildman–Crippen MR) is 93.8 cm³/mol. The molecule has 0 saturated carbocycles. The molecule has 2 bridgehead atoms. The van der Waals surface area contributed by atoms with E-state index in [1.165, 1.54) is 6.07 Å². The maximum absolute atomic E-state index is 14.0. The van der Waals surface area contributed by atoms with Gasteiger partial charge in [-0.15, -0.1) is 0 Å². The summed E-state index contributed by atoms with van der Waals surface area (Å²) in [6.45, 7) is 7.28. The largest absolute Gasteiger partial charge is 0.444 e. The molecular weight excluding hydrogens is 321 g/mol. The van der Waals surface area contributed by atoms with E-state index in [0.717, 1.165) is 19.3 Å². The van der Waals surface area contributed by atoms with Crippen molar-refractivity contribution in [3.8, 4) is 0 Å². The van der Waals surface area contributed by atoms with Gasteiger partial charge < -0.3 is 14.7 Å². The molecule has 138 valence electrons. The molecule has 2 heterocycles. The molecule has 2 unspecified atom stereocenters. The molecule has 2 saturated heterocycles. The lowest BCUT2D eigenvalue weighted by molar-refractivity contribution is -0.0966. The van der Waals surface area contributed by atoms with Crippen molar-refractivity contribution in [2.45, 2.75) is 83.1 Å². The molecule has 25 heavy (non-hydrogen) atoms. The van der Waals surface area contributed by atoms with Gasteiger partial charge in [0, 0.05) is 24.9 Å². The third kappa shape index (κ3) is 3.66. The van der Waals surface area contributed by atoms with Gasteiger partial charge in [0.05, 0.1) is 5.60 Å². The Morgan fingerprint density at radius 2 is 1.88 bits per heavy atom. The van der Waals surface area contributed by atoms with Crippen LogP contribution in [0.3, 0.4) is 0 Å². The summed E-state index contributed by atoms with van der Waals surface area (Å²) >= 11 is 0. The van der Waals surface area contributed by atoms with Gasteiger partial charge in [0.1, 0.15) is 11.4 Å². The maximum Gasteiger partial charge on any atom is 0.410 e. The number of aryl methyl sites for hydroxylation is 1. The van der Waals surface area contributed by atoms with Crippen LogP contribution in [0.4, 0.5) is 9.18 Å². The lowest BCUT2D eigenvalue weighted by Crippen LogP contribution is -2.59. The van der Waals surface area contributed by atoms with Crippen LogP contribution >= 0.6 is 0 Å². The predicted octanol–water partition coefficient (Wildman–Crippen LogP) is 4.27. The number of carbonyl (C=O) groups is 1. The first-order chi connectivity index (χ1) is 11.6. The van der Waals surface area contributed by atoms with Crippen molar-refractivity contribution in [3.63, 3.8) is 0 Å². The van der Waals surface area contributed by atoms with Gasteiger partial charge in [-0.1, -0.05) is 12.1 Å². The van der Waals surface area contributed by atoms with Gasteiger partial charge in [0.15, 0.2) is 0 Å². The van der Waals surface area contributed by atoms with E-state index in [2.05, 4.69) is 0 Å². The average Bonchev–Trinajstić information content (AvgIpc) is 2.47. The smallest absolute Gasteiger partial charge is 0.410 e. The van der Waals surface area contributed by atoms with E-state index in [1.807, 2.05) is 25.7 Å². The van der Waals surface area contributed by atoms with Gasteiger partial charge in [0.25, 0.3) is 0 Å². The van der Waals surface area contributed by atoms with Crippen LogP contribution in [0.25, 0.3) is 0 Å². The van der Waals surface area contributed by atoms with Gasteiger partial charge in [-0.3, -0.25) is 0 Å². The summed E-state index contributed by atoms with van der Waals surface area (Å²) in [6, 6.07) is 4.80. The molecule has 1 N–H and O–H groups in total. The van der Waals surface area contributed by atoms with E-state index in [-0.39, 0.29) is 24.0 Å². The Labute approximate surface area is 149 Å². The molecule has 2 aliphatic heterocycles. The number of halogens is 1. The second-order valence-electron chi connectivity index (χ2n) is 8.53. The number of carbonyl (C=O) groups excluding carboxylic acids is 1. The molecule has 0 spiro atoms. The lowest BCUT2D eigenvalue weighted by Gasteiger charge is -2.51. The van der Waals surface area contributed by atoms with Crippen molar-refractivity contribution in [2.75, 3.05) is 0 Å². The number of nitrogens with zero attached hydrogens (tertiary/aromatic N) is 1. The van der Waals surface area contributed by atoms with Crippen LogP contribution in [0.5, 0.6) is 0 Å². The first-order valence-corrected chi connectivity index (χ1v) is 9.09. The summed E-state index contributed by atoms with van der Waals surface area (Å²) in [6.07, 6.45) is 3.25. The molecule has 2 atom stereocenters. The molecule has 4 nitrogen and oxygen atoms in total. The Hall–Kier alpha value is -1.62. The highest BCUT2D eigenvalue weighted by molar-refractivity contribution is 5.69. The number of hydrogen-bond donors (Lipinski definition) is 1. The molecule has 0 aliphatic carbocycles. The summed E-state index contributed by atoms with van der Waals surface area (Å²) in [5, 5.41) is 11.3. The van der Waals surface area contributed by atoms with Crippen molar-refractivity contribution >= 4 is 6.09 Å². The Morgan fingerprint density at radius 3 is 2.40 bits per heavy atom. The lowest BCUT2D eigenvalue weighted by atomic mass is 9.72. The molecule has 5 heteroatoms. The van der Waals surface area contributed by atoms with Crippen LogP contribution in [0.2, 0.25) is 0 Å². The number of ether oxygens (including phenoxy) is 1. The molecule has 1 amide bonds. The fraction of sp³-hybridized carbons (Fsp3) is 0.650. The maximum atomic E-state index is 14.0. The zero-order chi connectivity index (χ0) is 18.4. The van der Waals surface area contributed by atoms with Crippen molar-refractivity contribution in [2.24, 2.45) is 0 Å². The number of piperidine rings is 2. The summed E-state index contributed by atoms with van der Waals surface area (Å²) < 4.78 is 19.6. The zero-order valence-corrected chi connectivity index (χ0v) is 15.5. The number of aliphatic hydroxyl groups is 1. The van der Waals surface area contributed by atoms with Crippen LogP contribution < -0.4 is 0 Å². The molecule has 3 rings (SSSR count). The van der Waals surface area contributed by atoms with Gasteiger partial charge >= 0.3 is 6.09 Å². The normalized spacial score (nSPS) is 29.4. The fourth-order valence-corrected chi connectivity index (χ4v) is 4.16. The quantitative estimate of drug-likeness (QED) is 0.823. The first-order valence-electron chi connectivity index (χ1n) is 9.09. The third-order valence-corrected chi connectivity index (χ3v) is 5.32. The fourth-order valence-electron chi connectivity index (χ4n) is 4.16. The molecule has 1 aromatic rings. The number of rotatable bonds is 1. The highest BCUT2D eigenvalue weighted by atomic mass is 19.1. The summed E-state index contributed by atoms with van der Waals surface area (Å²) in [5.74, 6) is -0.300. The second-order valence-corrected chi connectivity index (χ2v) is 8.53. The summed E-state index contributed by atoms with van der Waals surface area (Å²) in [5.41, 5.74) is -0.461. The third-order valence-electron chi connectivity index (χ3n) is 5.32. The number of benzene rings is 1. The Morgan fingerprint density at radius 1 is 1.28 bits per heavy atom. The molecule has 2 fully saturated rings.